The zero-order valence-corrected chi connectivity index (χ0v) is 27.9. The molecule has 0 N–H and O–H groups in total. The van der Waals surface area contributed by atoms with Crippen molar-refractivity contribution in [3.8, 4) is 0 Å². The number of esters is 7. The summed E-state index contributed by atoms with van der Waals surface area (Å²) in [6.45, 7) is 9.34. The summed E-state index contributed by atoms with van der Waals surface area (Å²) in [5.74, 6) is -7.09. The number of hydrogen-bond acceptors (Lipinski definition) is 18. The minimum absolute atomic E-state index is 0.157. The van der Waals surface area contributed by atoms with Crippen LogP contribution in [0.5, 0.6) is 0 Å². The Hall–Kier alpha value is -5.20. The summed E-state index contributed by atoms with van der Waals surface area (Å²) in [7, 11) is 0. The summed E-state index contributed by atoms with van der Waals surface area (Å²) in [4.78, 5) is 98.0. The number of rotatable bonds is 15. The topological polar surface area (TPSA) is 232 Å². The standard InChI is InChI=1S/C30H39NO18/c1-9-10-31(13-32)29-27(45-19(7)38)25(43-17(5)36)24(21(47-29)11-40-14(2)33)49-30-28(46-20(8)39)26(44-18(6)37)23(42-16(4)35)22(48-30)12-41-15(3)34/h9,13,22-23,25-30H,1,10-12H2,2-8H3/t22?,23-,25?,26+,27?,28?,29-,30+/m1/s1. The average Bonchev–Trinajstić information content (AvgIpc) is 2.97. The molecule has 0 saturated carbocycles. The SMILES string of the molecule is C=CCN(C=O)[C@@H]1OC(COC(C)=O)=C(O[C@@H]2OC(COC(C)=O)[C@@H](OC(C)=O)[C@H](OC(C)=O)C2OC(C)=O)C(OC(C)=O)C1OC(C)=O. The average molecular weight is 702 g/mol. The van der Waals surface area contributed by atoms with E-state index in [2.05, 4.69) is 6.58 Å². The Morgan fingerprint density at radius 3 is 1.69 bits per heavy atom. The third-order valence-corrected chi connectivity index (χ3v) is 6.37. The Morgan fingerprint density at radius 1 is 0.694 bits per heavy atom. The molecule has 0 spiro atoms. The van der Waals surface area contributed by atoms with E-state index in [0.29, 0.717) is 6.41 Å². The normalized spacial score (nSPS) is 26.0. The molecule has 0 aromatic rings. The Kier molecular flexibility index (Phi) is 15.0. The molecular formula is C30H39NO18. The maximum Gasteiger partial charge on any atom is 0.303 e. The van der Waals surface area contributed by atoms with Gasteiger partial charge in [0.05, 0.1) is 0 Å². The number of carbonyl (C=O) groups is 8. The molecule has 1 saturated heterocycles. The molecule has 49 heavy (non-hydrogen) atoms. The number of nitrogens with zero attached hydrogens (tertiary/aromatic N) is 1. The first kappa shape index (κ1) is 40.0. The highest BCUT2D eigenvalue weighted by Crippen LogP contribution is 2.37. The molecule has 0 bridgehead atoms. The van der Waals surface area contributed by atoms with Crippen molar-refractivity contribution in [2.45, 2.75) is 97.6 Å². The molecule has 19 heteroatoms. The third-order valence-electron chi connectivity index (χ3n) is 6.37. The lowest BCUT2D eigenvalue weighted by molar-refractivity contribution is -0.306. The summed E-state index contributed by atoms with van der Waals surface area (Å²) in [5.41, 5.74) is 0. The van der Waals surface area contributed by atoms with Crippen molar-refractivity contribution in [1.82, 2.24) is 4.90 Å². The molecule has 2 aliphatic rings. The Morgan fingerprint density at radius 2 is 1.20 bits per heavy atom. The van der Waals surface area contributed by atoms with Gasteiger partial charge in [-0.15, -0.1) is 6.58 Å². The van der Waals surface area contributed by atoms with Crippen LogP contribution in [-0.2, 0) is 85.7 Å². The van der Waals surface area contributed by atoms with Crippen molar-refractivity contribution in [3.63, 3.8) is 0 Å². The molecule has 2 aliphatic heterocycles. The number of carbonyl (C=O) groups excluding carboxylic acids is 8. The minimum atomic E-state index is -1.88. The van der Waals surface area contributed by atoms with Crippen molar-refractivity contribution in [2.24, 2.45) is 0 Å². The van der Waals surface area contributed by atoms with Gasteiger partial charge in [0.15, 0.2) is 30.3 Å². The van der Waals surface area contributed by atoms with Crippen LogP contribution < -0.4 is 0 Å². The lowest BCUT2D eigenvalue weighted by atomic mass is 9.97. The zero-order valence-electron chi connectivity index (χ0n) is 27.9. The molecule has 1 fully saturated rings. The van der Waals surface area contributed by atoms with Crippen LogP contribution in [0.3, 0.4) is 0 Å². The van der Waals surface area contributed by atoms with Gasteiger partial charge in [-0.1, -0.05) is 6.08 Å². The van der Waals surface area contributed by atoms with Crippen LogP contribution in [0.25, 0.3) is 0 Å². The van der Waals surface area contributed by atoms with Gasteiger partial charge in [0, 0.05) is 55.0 Å². The third kappa shape index (κ3) is 11.8. The van der Waals surface area contributed by atoms with Gasteiger partial charge in [-0.2, -0.15) is 0 Å². The predicted octanol–water partition coefficient (Wildman–Crippen LogP) is -0.275. The maximum atomic E-state index is 12.4. The van der Waals surface area contributed by atoms with Gasteiger partial charge in [-0.05, 0) is 0 Å². The van der Waals surface area contributed by atoms with Crippen LogP contribution in [0.4, 0.5) is 0 Å². The van der Waals surface area contributed by atoms with E-state index in [9.17, 15) is 38.4 Å². The van der Waals surface area contributed by atoms with E-state index in [0.717, 1.165) is 53.4 Å². The summed E-state index contributed by atoms with van der Waals surface area (Å²) in [6, 6.07) is 0. The molecule has 2 heterocycles. The first-order valence-corrected chi connectivity index (χ1v) is 14.6. The van der Waals surface area contributed by atoms with Gasteiger partial charge < -0.3 is 52.3 Å². The second-order valence-electron chi connectivity index (χ2n) is 10.5. The Labute approximate surface area is 280 Å². The lowest BCUT2D eigenvalue weighted by Crippen LogP contribution is -2.63. The van der Waals surface area contributed by atoms with Gasteiger partial charge in [-0.25, -0.2) is 0 Å². The van der Waals surface area contributed by atoms with Gasteiger partial charge in [-0.3, -0.25) is 38.4 Å². The van der Waals surface area contributed by atoms with Gasteiger partial charge >= 0.3 is 41.8 Å². The summed E-state index contributed by atoms with van der Waals surface area (Å²) < 4.78 is 55.4. The highest BCUT2D eigenvalue weighted by molar-refractivity contribution is 5.69. The fraction of sp³-hybridized carbons (Fsp3) is 0.600. The molecule has 19 nitrogen and oxygen atoms in total. The first-order chi connectivity index (χ1) is 23.0. The van der Waals surface area contributed by atoms with E-state index >= 15 is 0 Å². The largest absolute Gasteiger partial charge is 0.463 e. The van der Waals surface area contributed by atoms with E-state index in [1.54, 1.807) is 0 Å². The van der Waals surface area contributed by atoms with Crippen molar-refractivity contribution in [1.29, 1.82) is 0 Å². The van der Waals surface area contributed by atoms with Gasteiger partial charge in [0.1, 0.15) is 12.7 Å². The molecule has 2 rings (SSSR count). The summed E-state index contributed by atoms with van der Waals surface area (Å²) in [6.07, 6.45) is -11.5. The smallest absolute Gasteiger partial charge is 0.303 e. The van der Waals surface area contributed by atoms with Crippen LogP contribution in [0, 0.1) is 0 Å². The summed E-state index contributed by atoms with van der Waals surface area (Å²) in [5, 5.41) is 0. The summed E-state index contributed by atoms with van der Waals surface area (Å²) >= 11 is 0. The Bertz CT molecular complexity index is 1330. The van der Waals surface area contributed by atoms with Crippen molar-refractivity contribution in [3.05, 3.63) is 24.2 Å². The first-order valence-electron chi connectivity index (χ1n) is 14.6. The lowest BCUT2D eigenvalue weighted by Gasteiger charge is -2.46. The monoisotopic (exact) mass is 701 g/mol. The Balaban J connectivity index is 2.87. The van der Waals surface area contributed by atoms with Gasteiger partial charge in [0.2, 0.25) is 37.2 Å². The molecule has 8 atom stereocenters. The number of amides is 1. The molecular weight excluding hydrogens is 662 g/mol. The second-order valence-corrected chi connectivity index (χ2v) is 10.5. The molecule has 272 valence electrons. The van der Waals surface area contributed by atoms with E-state index in [1.165, 1.54) is 6.08 Å². The van der Waals surface area contributed by atoms with Crippen LogP contribution >= 0.6 is 0 Å². The van der Waals surface area contributed by atoms with E-state index in [4.69, 9.17) is 47.4 Å². The molecule has 0 aromatic carbocycles. The van der Waals surface area contributed by atoms with Crippen LogP contribution in [0.15, 0.2) is 24.2 Å². The highest BCUT2D eigenvalue weighted by Gasteiger charge is 2.56. The molecule has 0 radical (unpaired) electrons. The second kappa shape index (κ2) is 18.4. The van der Waals surface area contributed by atoms with Crippen molar-refractivity contribution >= 4 is 48.2 Å². The fourth-order valence-electron chi connectivity index (χ4n) is 4.77. The van der Waals surface area contributed by atoms with Crippen molar-refractivity contribution < 1.29 is 85.7 Å². The van der Waals surface area contributed by atoms with Crippen LogP contribution in [-0.4, -0.2) is 122 Å². The van der Waals surface area contributed by atoms with Crippen LogP contribution in [0.2, 0.25) is 0 Å². The molecule has 4 unspecified atom stereocenters. The van der Waals surface area contributed by atoms with Crippen molar-refractivity contribution in [2.75, 3.05) is 19.8 Å². The molecule has 0 aliphatic carbocycles. The zero-order chi connectivity index (χ0) is 37.0. The highest BCUT2D eigenvalue weighted by atomic mass is 16.7. The predicted molar refractivity (Wildman–Crippen MR) is 156 cm³/mol. The fourth-order valence-corrected chi connectivity index (χ4v) is 4.77. The van der Waals surface area contributed by atoms with E-state index < -0.39 is 116 Å². The number of hydrogen-bond donors (Lipinski definition) is 0. The van der Waals surface area contributed by atoms with Gasteiger partial charge in [0.25, 0.3) is 0 Å². The molecule has 0 aromatic heterocycles. The quantitative estimate of drug-likeness (QED) is 0.0925. The maximum absolute atomic E-state index is 12.4. The number of ether oxygens (including phenoxy) is 10. The molecule has 1 amide bonds. The minimum Gasteiger partial charge on any atom is -0.463 e. The van der Waals surface area contributed by atoms with E-state index in [-0.39, 0.29) is 6.54 Å². The van der Waals surface area contributed by atoms with E-state index in [1.807, 2.05) is 0 Å². The van der Waals surface area contributed by atoms with Crippen LogP contribution in [0.1, 0.15) is 48.5 Å².